The van der Waals surface area contributed by atoms with E-state index in [-0.39, 0.29) is 0 Å². The molecule has 4 rings (SSSR count). The number of hydrogen-bond donors (Lipinski definition) is 1. The first-order valence-corrected chi connectivity index (χ1v) is 9.69. The number of aromatic nitrogens is 3. The van der Waals surface area contributed by atoms with Gasteiger partial charge in [-0.3, -0.25) is 4.40 Å². The number of hydrogen-bond acceptors (Lipinski definition) is 3. The van der Waals surface area contributed by atoms with Crippen LogP contribution in [0, 0.1) is 5.92 Å². The van der Waals surface area contributed by atoms with Crippen LogP contribution in [0.15, 0.2) is 59.7 Å². The molecule has 1 fully saturated rings. The summed E-state index contributed by atoms with van der Waals surface area (Å²) >= 11 is 0. The number of rotatable bonds is 5. The molecule has 27 heavy (non-hydrogen) atoms. The van der Waals surface area contributed by atoms with E-state index in [1.165, 1.54) is 12.0 Å². The fourth-order valence-electron chi connectivity index (χ4n) is 3.71. The fraction of sp³-hybridized carbons (Fsp3) is 0.381. The second kappa shape index (κ2) is 8.20. The van der Waals surface area contributed by atoms with E-state index in [1.54, 1.807) is 0 Å². The van der Waals surface area contributed by atoms with Gasteiger partial charge in [-0.25, -0.2) is 4.99 Å². The molecule has 0 radical (unpaired) electrons. The lowest BCUT2D eigenvalue weighted by atomic mass is 9.99. The maximum absolute atomic E-state index is 4.84. The zero-order valence-electron chi connectivity index (χ0n) is 15.8. The Kier molecular flexibility index (Phi) is 5.32. The molecule has 1 N–H and O–H groups in total. The number of benzene rings is 1. The van der Waals surface area contributed by atoms with E-state index in [2.05, 4.69) is 57.7 Å². The van der Waals surface area contributed by atoms with E-state index in [0.29, 0.717) is 12.5 Å². The molecule has 140 valence electrons. The van der Waals surface area contributed by atoms with E-state index in [1.807, 2.05) is 28.8 Å². The van der Waals surface area contributed by atoms with Crippen molar-refractivity contribution < 1.29 is 0 Å². The van der Waals surface area contributed by atoms with Crippen molar-refractivity contribution >= 4 is 11.6 Å². The quantitative estimate of drug-likeness (QED) is 0.560. The highest BCUT2D eigenvalue weighted by atomic mass is 15.3. The second-order valence-electron chi connectivity index (χ2n) is 7.01. The standard InChI is InChI=1S/C21H26N6/c1-2-22-21(23-15-20-25-24-19-10-6-7-12-27(19)20)26-13-11-18(16-26)14-17-8-4-3-5-9-17/h3-10,12,18H,2,11,13-16H2,1H3,(H,22,23). The Balaban J connectivity index is 1.43. The molecule has 1 atom stereocenters. The Morgan fingerprint density at radius 3 is 2.85 bits per heavy atom. The van der Waals surface area contributed by atoms with Crippen molar-refractivity contribution in [1.82, 2.24) is 24.8 Å². The Bertz CT molecular complexity index is 901. The van der Waals surface area contributed by atoms with Crippen molar-refractivity contribution in [1.29, 1.82) is 0 Å². The Morgan fingerprint density at radius 1 is 1.15 bits per heavy atom. The van der Waals surface area contributed by atoms with Gasteiger partial charge in [-0.15, -0.1) is 10.2 Å². The fourth-order valence-corrected chi connectivity index (χ4v) is 3.71. The van der Waals surface area contributed by atoms with Gasteiger partial charge in [-0.1, -0.05) is 36.4 Å². The van der Waals surface area contributed by atoms with Gasteiger partial charge in [0.05, 0.1) is 0 Å². The van der Waals surface area contributed by atoms with E-state index in [4.69, 9.17) is 4.99 Å². The third kappa shape index (κ3) is 4.10. The van der Waals surface area contributed by atoms with Crippen molar-refractivity contribution in [3.8, 4) is 0 Å². The lowest BCUT2D eigenvalue weighted by molar-refractivity contribution is 0.459. The Morgan fingerprint density at radius 2 is 2.00 bits per heavy atom. The minimum absolute atomic E-state index is 0.521. The van der Waals surface area contributed by atoms with E-state index in [0.717, 1.165) is 43.5 Å². The van der Waals surface area contributed by atoms with Crippen LogP contribution < -0.4 is 5.32 Å². The zero-order chi connectivity index (χ0) is 18.5. The van der Waals surface area contributed by atoms with Crippen LogP contribution >= 0.6 is 0 Å². The van der Waals surface area contributed by atoms with Crippen LogP contribution in [0.4, 0.5) is 0 Å². The van der Waals surface area contributed by atoms with Crippen LogP contribution in [0.3, 0.4) is 0 Å². The SMILES string of the molecule is CCNC(=NCc1nnc2ccccn12)N1CCC(Cc2ccccc2)C1. The van der Waals surface area contributed by atoms with Gasteiger partial charge >= 0.3 is 0 Å². The minimum atomic E-state index is 0.521. The normalized spacial score (nSPS) is 17.6. The van der Waals surface area contributed by atoms with Crippen LogP contribution in [0.2, 0.25) is 0 Å². The van der Waals surface area contributed by atoms with Crippen molar-refractivity contribution in [3.05, 3.63) is 66.1 Å². The lowest BCUT2D eigenvalue weighted by Crippen LogP contribution is -2.40. The lowest BCUT2D eigenvalue weighted by Gasteiger charge is -2.21. The van der Waals surface area contributed by atoms with Crippen LogP contribution in [0.5, 0.6) is 0 Å². The first-order valence-electron chi connectivity index (χ1n) is 9.69. The molecule has 0 amide bonds. The van der Waals surface area contributed by atoms with Gasteiger partial charge in [0.15, 0.2) is 17.4 Å². The molecule has 6 heteroatoms. The van der Waals surface area contributed by atoms with E-state index >= 15 is 0 Å². The number of guanidine groups is 1. The number of pyridine rings is 1. The summed E-state index contributed by atoms with van der Waals surface area (Å²) in [6.45, 7) is 5.58. The molecule has 0 aliphatic carbocycles. The summed E-state index contributed by atoms with van der Waals surface area (Å²) in [7, 11) is 0. The summed E-state index contributed by atoms with van der Waals surface area (Å²) in [6.07, 6.45) is 4.32. The number of fused-ring (bicyclic) bond motifs is 1. The number of nitrogens with one attached hydrogen (secondary N) is 1. The van der Waals surface area contributed by atoms with Gasteiger partial charge in [0.25, 0.3) is 0 Å². The molecular formula is C21H26N6. The highest BCUT2D eigenvalue weighted by molar-refractivity contribution is 5.80. The van der Waals surface area contributed by atoms with Crippen molar-refractivity contribution in [2.75, 3.05) is 19.6 Å². The second-order valence-corrected chi connectivity index (χ2v) is 7.01. The summed E-state index contributed by atoms with van der Waals surface area (Å²) in [4.78, 5) is 7.21. The van der Waals surface area contributed by atoms with Gasteiger partial charge in [0, 0.05) is 25.8 Å². The van der Waals surface area contributed by atoms with Gasteiger partial charge in [-0.2, -0.15) is 0 Å². The molecule has 1 aliphatic heterocycles. The third-order valence-electron chi connectivity index (χ3n) is 5.04. The van der Waals surface area contributed by atoms with Crippen LogP contribution in [-0.2, 0) is 13.0 Å². The smallest absolute Gasteiger partial charge is 0.194 e. The minimum Gasteiger partial charge on any atom is -0.357 e. The average Bonchev–Trinajstić information content (AvgIpc) is 3.33. The van der Waals surface area contributed by atoms with Crippen LogP contribution in [0.25, 0.3) is 5.65 Å². The summed E-state index contributed by atoms with van der Waals surface area (Å²) in [5.41, 5.74) is 2.28. The predicted octanol–water partition coefficient (Wildman–Crippen LogP) is 2.76. The molecule has 1 unspecified atom stereocenters. The monoisotopic (exact) mass is 362 g/mol. The largest absolute Gasteiger partial charge is 0.357 e. The number of aliphatic imine (C=N–C) groups is 1. The molecule has 1 aromatic carbocycles. The Hall–Kier alpha value is -2.89. The molecule has 0 saturated carbocycles. The topological polar surface area (TPSA) is 57.8 Å². The molecule has 3 aromatic rings. The average molecular weight is 362 g/mol. The molecule has 0 spiro atoms. The summed E-state index contributed by atoms with van der Waals surface area (Å²) < 4.78 is 2.00. The molecule has 6 nitrogen and oxygen atoms in total. The van der Waals surface area contributed by atoms with Crippen molar-refractivity contribution in [2.24, 2.45) is 10.9 Å². The number of likely N-dealkylation sites (tertiary alicyclic amines) is 1. The molecule has 0 bridgehead atoms. The first-order chi connectivity index (χ1) is 13.3. The summed E-state index contributed by atoms with van der Waals surface area (Å²) in [5.74, 6) is 2.51. The molecule has 3 heterocycles. The van der Waals surface area contributed by atoms with Gasteiger partial charge < -0.3 is 10.2 Å². The van der Waals surface area contributed by atoms with Crippen molar-refractivity contribution in [2.45, 2.75) is 26.3 Å². The summed E-state index contributed by atoms with van der Waals surface area (Å²) in [5, 5.41) is 11.9. The molecular weight excluding hydrogens is 336 g/mol. The van der Waals surface area contributed by atoms with Gasteiger partial charge in [-0.05, 0) is 43.4 Å². The van der Waals surface area contributed by atoms with E-state index < -0.39 is 0 Å². The van der Waals surface area contributed by atoms with E-state index in [9.17, 15) is 0 Å². The first kappa shape index (κ1) is 17.5. The highest BCUT2D eigenvalue weighted by Crippen LogP contribution is 2.21. The van der Waals surface area contributed by atoms with Crippen LogP contribution in [-0.4, -0.2) is 45.1 Å². The maximum atomic E-state index is 4.84. The molecule has 1 aliphatic rings. The zero-order valence-corrected chi connectivity index (χ0v) is 15.8. The number of nitrogens with zero attached hydrogens (tertiary/aromatic N) is 5. The predicted molar refractivity (Wildman–Crippen MR) is 108 cm³/mol. The Labute approximate surface area is 159 Å². The molecule has 1 saturated heterocycles. The highest BCUT2D eigenvalue weighted by Gasteiger charge is 2.25. The van der Waals surface area contributed by atoms with Gasteiger partial charge in [0.1, 0.15) is 6.54 Å². The maximum Gasteiger partial charge on any atom is 0.194 e. The third-order valence-corrected chi connectivity index (χ3v) is 5.04. The summed E-state index contributed by atoms with van der Waals surface area (Å²) in [6, 6.07) is 16.7. The molecule has 2 aromatic heterocycles. The van der Waals surface area contributed by atoms with Crippen molar-refractivity contribution in [3.63, 3.8) is 0 Å². The van der Waals surface area contributed by atoms with Crippen LogP contribution in [0.1, 0.15) is 24.7 Å². The van der Waals surface area contributed by atoms with Gasteiger partial charge in [0.2, 0.25) is 0 Å².